The highest BCUT2D eigenvalue weighted by Crippen LogP contribution is 2.38. The number of carbonyl (C=O) groups excluding carboxylic acids is 1. The Morgan fingerprint density at radius 1 is 1.20 bits per heavy atom. The summed E-state index contributed by atoms with van der Waals surface area (Å²) in [6.45, 7) is 5.36. The molecule has 0 aromatic rings. The molecule has 142 valence electrons. The molecule has 4 fully saturated rings. The first kappa shape index (κ1) is 17.7. The first-order valence-corrected chi connectivity index (χ1v) is 10.3. The molecule has 0 aromatic heterocycles. The average molecular weight is 352 g/mol. The van der Waals surface area contributed by atoms with Crippen LogP contribution >= 0.6 is 0 Å². The fourth-order valence-corrected chi connectivity index (χ4v) is 5.56. The zero-order chi connectivity index (χ0) is 17.4. The van der Waals surface area contributed by atoms with Crippen molar-refractivity contribution in [3.8, 4) is 0 Å². The number of rotatable bonds is 3. The van der Waals surface area contributed by atoms with E-state index in [0.717, 1.165) is 39.0 Å². The molecule has 7 atom stereocenters. The van der Waals surface area contributed by atoms with E-state index < -0.39 is 6.17 Å². The topological polar surface area (TPSA) is 56.4 Å². The Bertz CT molecular complexity index is 466. The van der Waals surface area contributed by atoms with Crippen LogP contribution in [-0.2, 0) is 4.79 Å². The number of nitrogens with one attached hydrogen (secondary N) is 3. The van der Waals surface area contributed by atoms with Gasteiger partial charge in [0, 0.05) is 43.8 Å². The second kappa shape index (κ2) is 7.49. The Labute approximate surface area is 150 Å². The highest BCUT2D eigenvalue weighted by Gasteiger charge is 2.46. The van der Waals surface area contributed by atoms with Gasteiger partial charge in [0.15, 0.2) is 0 Å². The van der Waals surface area contributed by atoms with Crippen LogP contribution < -0.4 is 16.0 Å². The Morgan fingerprint density at radius 3 is 2.84 bits per heavy atom. The molecule has 2 heterocycles. The Kier molecular flexibility index (Phi) is 5.30. The minimum Gasteiger partial charge on any atom is -0.352 e. The minimum atomic E-state index is -0.742. The van der Waals surface area contributed by atoms with Crippen LogP contribution in [-0.4, -0.2) is 60.9 Å². The van der Waals surface area contributed by atoms with Crippen molar-refractivity contribution in [2.75, 3.05) is 19.8 Å². The van der Waals surface area contributed by atoms with E-state index in [4.69, 9.17) is 0 Å². The summed E-state index contributed by atoms with van der Waals surface area (Å²) in [5, 5.41) is 10.1. The van der Waals surface area contributed by atoms with Gasteiger partial charge in [-0.1, -0.05) is 6.92 Å². The van der Waals surface area contributed by atoms with Gasteiger partial charge in [0.25, 0.3) is 0 Å². The number of halogens is 1. The van der Waals surface area contributed by atoms with E-state index in [1.165, 1.54) is 12.8 Å². The van der Waals surface area contributed by atoms with Gasteiger partial charge in [0.1, 0.15) is 6.17 Å². The molecule has 6 heteroatoms. The number of nitrogens with zero attached hydrogens (tertiary/aromatic N) is 1. The molecule has 2 aliphatic carbocycles. The molecule has 7 unspecified atom stereocenters. The fourth-order valence-electron chi connectivity index (χ4n) is 5.56. The van der Waals surface area contributed by atoms with Gasteiger partial charge in [-0.15, -0.1) is 0 Å². The molecule has 0 spiro atoms. The summed E-state index contributed by atoms with van der Waals surface area (Å²) >= 11 is 0. The third-order valence-electron chi connectivity index (χ3n) is 7.05. The van der Waals surface area contributed by atoms with Crippen LogP contribution in [0.1, 0.15) is 51.9 Å². The predicted molar refractivity (Wildman–Crippen MR) is 95.9 cm³/mol. The van der Waals surface area contributed by atoms with Crippen molar-refractivity contribution in [2.45, 2.75) is 82.2 Å². The molecule has 2 saturated carbocycles. The smallest absolute Gasteiger partial charge is 0.237 e. The van der Waals surface area contributed by atoms with E-state index in [1.807, 2.05) is 0 Å². The molecule has 2 saturated heterocycles. The second-order valence-electron chi connectivity index (χ2n) is 8.71. The second-order valence-corrected chi connectivity index (χ2v) is 8.71. The molecule has 3 N–H and O–H groups in total. The zero-order valence-corrected chi connectivity index (χ0v) is 15.3. The lowest BCUT2D eigenvalue weighted by Crippen LogP contribution is -2.51. The number of alkyl halides is 1. The van der Waals surface area contributed by atoms with Gasteiger partial charge in [-0.05, 0) is 50.9 Å². The molecule has 4 aliphatic rings. The molecule has 5 nitrogen and oxygen atoms in total. The van der Waals surface area contributed by atoms with Crippen LogP contribution in [0.3, 0.4) is 0 Å². The first-order valence-electron chi connectivity index (χ1n) is 10.3. The summed E-state index contributed by atoms with van der Waals surface area (Å²) in [5.74, 6) is 0.588. The fraction of sp³-hybridized carbons (Fsp3) is 0.947. The summed E-state index contributed by atoms with van der Waals surface area (Å²) in [5.41, 5.74) is 0. The van der Waals surface area contributed by atoms with Crippen molar-refractivity contribution >= 4 is 5.91 Å². The molecule has 0 aromatic carbocycles. The lowest BCUT2D eigenvalue weighted by Gasteiger charge is -2.35. The molecule has 1 amide bonds. The number of hydrogen-bond acceptors (Lipinski definition) is 4. The largest absolute Gasteiger partial charge is 0.352 e. The van der Waals surface area contributed by atoms with Gasteiger partial charge >= 0.3 is 0 Å². The van der Waals surface area contributed by atoms with Crippen LogP contribution in [0.4, 0.5) is 4.39 Å². The number of carbonyl (C=O) groups is 1. The monoisotopic (exact) mass is 352 g/mol. The first-order chi connectivity index (χ1) is 12.1. The van der Waals surface area contributed by atoms with Crippen molar-refractivity contribution in [3.63, 3.8) is 0 Å². The SMILES string of the molecule is CC1CCC(F)C2CC(C(=O)NC3CCCC(N4CCNC4)C3)NC12. The average Bonchev–Trinajstić information content (AvgIpc) is 3.28. The Hall–Kier alpha value is -0.720. The maximum absolute atomic E-state index is 14.2. The Balaban J connectivity index is 1.31. The van der Waals surface area contributed by atoms with Crippen molar-refractivity contribution < 1.29 is 9.18 Å². The van der Waals surface area contributed by atoms with Crippen molar-refractivity contribution in [3.05, 3.63) is 0 Å². The molecule has 0 bridgehead atoms. The predicted octanol–water partition coefficient (Wildman–Crippen LogP) is 1.39. The molecular weight excluding hydrogens is 319 g/mol. The van der Waals surface area contributed by atoms with Crippen LogP contribution in [0.25, 0.3) is 0 Å². The van der Waals surface area contributed by atoms with E-state index in [0.29, 0.717) is 24.8 Å². The van der Waals surface area contributed by atoms with E-state index >= 15 is 0 Å². The lowest BCUT2D eigenvalue weighted by atomic mass is 9.77. The van der Waals surface area contributed by atoms with Crippen LogP contribution in [0.2, 0.25) is 0 Å². The maximum Gasteiger partial charge on any atom is 0.237 e. The van der Waals surface area contributed by atoms with Gasteiger partial charge in [-0.3, -0.25) is 9.69 Å². The highest BCUT2D eigenvalue weighted by molar-refractivity contribution is 5.82. The molecule has 0 radical (unpaired) electrons. The lowest BCUT2D eigenvalue weighted by molar-refractivity contribution is -0.124. The third-order valence-corrected chi connectivity index (χ3v) is 7.05. The number of amides is 1. The zero-order valence-electron chi connectivity index (χ0n) is 15.3. The van der Waals surface area contributed by atoms with Crippen molar-refractivity contribution in [2.24, 2.45) is 11.8 Å². The Morgan fingerprint density at radius 2 is 2.08 bits per heavy atom. The summed E-state index contributed by atoms with van der Waals surface area (Å²) in [6.07, 6.45) is 6.05. The van der Waals surface area contributed by atoms with Gasteiger partial charge in [0.2, 0.25) is 5.91 Å². The van der Waals surface area contributed by atoms with Crippen LogP contribution in [0.15, 0.2) is 0 Å². The van der Waals surface area contributed by atoms with Crippen LogP contribution in [0, 0.1) is 11.8 Å². The van der Waals surface area contributed by atoms with Crippen molar-refractivity contribution in [1.82, 2.24) is 20.9 Å². The normalized spacial score (nSPS) is 45.3. The third kappa shape index (κ3) is 3.71. The molecule has 2 aliphatic heterocycles. The minimum absolute atomic E-state index is 0.0225. The molecule has 4 rings (SSSR count). The standard InChI is InChI=1S/C19H33FN4O/c1-12-5-6-16(20)15-10-17(23-18(12)15)19(25)22-13-3-2-4-14(9-13)24-8-7-21-11-24/h12-18,21,23H,2-11H2,1H3,(H,22,25). The molecule has 25 heavy (non-hydrogen) atoms. The quantitative estimate of drug-likeness (QED) is 0.719. The van der Waals surface area contributed by atoms with Gasteiger partial charge in [-0.25, -0.2) is 4.39 Å². The van der Waals surface area contributed by atoms with E-state index in [2.05, 4.69) is 27.8 Å². The summed E-state index contributed by atoms with van der Waals surface area (Å²) < 4.78 is 14.2. The summed E-state index contributed by atoms with van der Waals surface area (Å²) in [6, 6.07) is 0.829. The van der Waals surface area contributed by atoms with Gasteiger partial charge in [0.05, 0.1) is 6.04 Å². The van der Waals surface area contributed by atoms with Gasteiger partial charge in [-0.2, -0.15) is 0 Å². The summed E-state index contributed by atoms with van der Waals surface area (Å²) in [4.78, 5) is 15.3. The van der Waals surface area contributed by atoms with E-state index in [9.17, 15) is 9.18 Å². The molecular formula is C19H33FN4O. The van der Waals surface area contributed by atoms with Crippen LogP contribution in [0.5, 0.6) is 0 Å². The number of hydrogen-bond donors (Lipinski definition) is 3. The summed E-state index contributed by atoms with van der Waals surface area (Å²) in [7, 11) is 0. The number of fused-ring (bicyclic) bond motifs is 1. The van der Waals surface area contributed by atoms with Gasteiger partial charge < -0.3 is 16.0 Å². The van der Waals surface area contributed by atoms with E-state index in [1.54, 1.807) is 0 Å². The maximum atomic E-state index is 14.2. The highest BCUT2D eigenvalue weighted by atomic mass is 19.1. The van der Waals surface area contributed by atoms with E-state index in [-0.39, 0.29) is 30.0 Å². The van der Waals surface area contributed by atoms with Crippen molar-refractivity contribution in [1.29, 1.82) is 0 Å².